The van der Waals surface area contributed by atoms with Gasteiger partial charge in [-0.25, -0.2) is 4.98 Å². The Balaban J connectivity index is 2.14. The van der Waals surface area contributed by atoms with E-state index < -0.39 is 0 Å². The van der Waals surface area contributed by atoms with Gasteiger partial charge in [0.2, 0.25) is 0 Å². The zero-order valence-corrected chi connectivity index (χ0v) is 11.0. The van der Waals surface area contributed by atoms with E-state index in [4.69, 9.17) is 0 Å². The number of nitrogens with zero attached hydrogens (tertiary/aromatic N) is 2. The fourth-order valence-electron chi connectivity index (χ4n) is 1.55. The maximum atomic E-state index is 4.52. The summed E-state index contributed by atoms with van der Waals surface area (Å²) in [5, 5.41) is 0. The van der Waals surface area contributed by atoms with Gasteiger partial charge in [-0.2, -0.15) is 0 Å². The fraction of sp³-hybridized carbons (Fsp3) is 0.250. The first-order valence-electron chi connectivity index (χ1n) is 5.13. The van der Waals surface area contributed by atoms with Gasteiger partial charge in [0.15, 0.2) is 0 Å². The second kappa shape index (κ2) is 4.70. The van der Waals surface area contributed by atoms with E-state index in [0.29, 0.717) is 0 Å². The minimum atomic E-state index is 0.834. The highest BCUT2D eigenvalue weighted by Gasteiger charge is 2.05. The monoisotopic (exact) mass is 279 g/mol. The predicted molar refractivity (Wildman–Crippen MR) is 69.6 cm³/mol. The van der Waals surface area contributed by atoms with Gasteiger partial charge in [-0.3, -0.25) is 0 Å². The molecule has 4 heteroatoms. The van der Waals surface area contributed by atoms with Gasteiger partial charge in [-0.05, 0) is 47.1 Å². The summed E-state index contributed by atoms with van der Waals surface area (Å²) >= 11 is 3.45. The van der Waals surface area contributed by atoms with Crippen molar-refractivity contribution in [3.8, 4) is 0 Å². The average Bonchev–Trinajstić information content (AvgIpc) is 2.74. The average molecular weight is 280 g/mol. The van der Waals surface area contributed by atoms with Crippen molar-refractivity contribution in [1.29, 1.82) is 0 Å². The second-order valence-electron chi connectivity index (χ2n) is 3.79. The smallest absolute Gasteiger partial charge is 0.128 e. The molecular weight excluding hydrogens is 266 g/mol. The van der Waals surface area contributed by atoms with Crippen LogP contribution in [0.1, 0.15) is 11.4 Å². The van der Waals surface area contributed by atoms with Crippen LogP contribution in [-0.4, -0.2) is 17.0 Å². The van der Waals surface area contributed by atoms with Crippen LogP contribution in [0.15, 0.2) is 34.9 Å². The number of hydrogen-bond acceptors (Lipinski definition) is 2. The lowest BCUT2D eigenvalue weighted by atomic mass is 10.3. The number of aryl methyl sites for hydroxylation is 1. The van der Waals surface area contributed by atoms with Gasteiger partial charge in [0.1, 0.15) is 5.82 Å². The van der Waals surface area contributed by atoms with E-state index in [1.807, 2.05) is 38.4 Å². The van der Waals surface area contributed by atoms with Crippen LogP contribution in [0.5, 0.6) is 0 Å². The molecule has 0 aliphatic rings. The Morgan fingerprint density at radius 3 is 2.81 bits per heavy atom. The third-order valence-corrected chi connectivity index (χ3v) is 3.31. The third-order valence-electron chi connectivity index (χ3n) is 2.47. The molecule has 0 amide bonds. The molecule has 0 aromatic carbocycles. The molecule has 0 unspecified atom stereocenters. The van der Waals surface area contributed by atoms with E-state index in [1.165, 1.54) is 5.69 Å². The van der Waals surface area contributed by atoms with Crippen LogP contribution in [0.2, 0.25) is 0 Å². The van der Waals surface area contributed by atoms with Crippen LogP contribution in [0.25, 0.3) is 0 Å². The topological polar surface area (TPSA) is 31.9 Å². The van der Waals surface area contributed by atoms with Crippen molar-refractivity contribution < 1.29 is 0 Å². The van der Waals surface area contributed by atoms with Crippen molar-refractivity contribution in [3.05, 3.63) is 46.3 Å². The lowest BCUT2D eigenvalue weighted by Gasteiger charge is -2.18. The second-order valence-corrected chi connectivity index (χ2v) is 4.64. The number of aromatic nitrogens is 2. The van der Waals surface area contributed by atoms with E-state index in [0.717, 1.165) is 22.5 Å². The summed E-state index contributed by atoms with van der Waals surface area (Å²) in [7, 11) is 2.04. The molecule has 0 fully saturated rings. The van der Waals surface area contributed by atoms with Gasteiger partial charge >= 0.3 is 0 Å². The van der Waals surface area contributed by atoms with E-state index >= 15 is 0 Å². The van der Waals surface area contributed by atoms with Crippen molar-refractivity contribution in [2.24, 2.45) is 0 Å². The lowest BCUT2D eigenvalue weighted by Crippen LogP contribution is -2.18. The fourth-order valence-corrected chi connectivity index (χ4v) is 1.77. The van der Waals surface area contributed by atoms with Crippen molar-refractivity contribution >= 4 is 21.7 Å². The normalized spacial score (nSPS) is 10.4. The maximum absolute atomic E-state index is 4.52. The van der Waals surface area contributed by atoms with E-state index in [-0.39, 0.29) is 0 Å². The number of anilines is 1. The zero-order valence-electron chi connectivity index (χ0n) is 9.37. The van der Waals surface area contributed by atoms with Crippen molar-refractivity contribution in [2.45, 2.75) is 13.5 Å². The van der Waals surface area contributed by atoms with Gasteiger partial charge in [0.25, 0.3) is 0 Å². The number of nitrogens with one attached hydrogen (secondary N) is 1. The molecule has 2 aromatic heterocycles. The predicted octanol–water partition coefficient (Wildman–Crippen LogP) is 3.12. The molecule has 2 aromatic rings. The summed E-state index contributed by atoms with van der Waals surface area (Å²) in [5.41, 5.74) is 2.20. The van der Waals surface area contributed by atoms with Crippen molar-refractivity contribution in [1.82, 2.24) is 9.97 Å². The first-order chi connectivity index (χ1) is 7.66. The molecule has 2 heterocycles. The van der Waals surface area contributed by atoms with E-state index in [1.54, 1.807) is 0 Å². The molecule has 0 spiro atoms. The molecule has 0 saturated carbocycles. The Hall–Kier alpha value is -1.29. The Kier molecular flexibility index (Phi) is 3.29. The van der Waals surface area contributed by atoms with Crippen LogP contribution in [0.4, 0.5) is 5.82 Å². The Bertz CT molecular complexity index is 465. The van der Waals surface area contributed by atoms with E-state index in [2.05, 4.69) is 36.9 Å². The summed E-state index contributed by atoms with van der Waals surface area (Å²) in [4.78, 5) is 9.82. The number of rotatable bonds is 3. The third kappa shape index (κ3) is 2.44. The minimum absolute atomic E-state index is 0.834. The Labute approximate surface area is 104 Å². The van der Waals surface area contributed by atoms with Gasteiger partial charge in [0, 0.05) is 23.4 Å². The van der Waals surface area contributed by atoms with Gasteiger partial charge < -0.3 is 9.88 Å². The molecule has 2 rings (SSSR count). The molecule has 84 valence electrons. The standard InChI is InChI=1S/C12H14BrN3/c1-9-11(13)5-6-12(15-9)16(2)8-10-4-3-7-14-10/h3-7,14H,8H2,1-2H3. The van der Waals surface area contributed by atoms with Gasteiger partial charge in [0.05, 0.1) is 12.2 Å². The van der Waals surface area contributed by atoms with Crippen LogP contribution in [0.3, 0.4) is 0 Å². The molecular formula is C12H14BrN3. The molecule has 0 atom stereocenters. The number of halogens is 1. The van der Waals surface area contributed by atoms with Crippen molar-refractivity contribution in [2.75, 3.05) is 11.9 Å². The van der Waals surface area contributed by atoms with Crippen LogP contribution in [-0.2, 0) is 6.54 Å². The van der Waals surface area contributed by atoms with Gasteiger partial charge in [-0.1, -0.05) is 0 Å². The highest BCUT2D eigenvalue weighted by Crippen LogP contribution is 2.19. The number of H-pyrrole nitrogens is 1. The van der Waals surface area contributed by atoms with Gasteiger partial charge in [-0.15, -0.1) is 0 Å². The van der Waals surface area contributed by atoms with Crippen molar-refractivity contribution in [3.63, 3.8) is 0 Å². The van der Waals surface area contributed by atoms with Crippen LogP contribution < -0.4 is 4.90 Å². The van der Waals surface area contributed by atoms with Crippen LogP contribution >= 0.6 is 15.9 Å². The quantitative estimate of drug-likeness (QED) is 0.936. The largest absolute Gasteiger partial charge is 0.364 e. The molecule has 1 N–H and O–H groups in total. The minimum Gasteiger partial charge on any atom is -0.364 e. The van der Waals surface area contributed by atoms with Crippen LogP contribution in [0, 0.1) is 6.92 Å². The molecule has 16 heavy (non-hydrogen) atoms. The molecule has 0 aliphatic heterocycles. The lowest BCUT2D eigenvalue weighted by molar-refractivity contribution is 0.868. The first-order valence-corrected chi connectivity index (χ1v) is 5.92. The maximum Gasteiger partial charge on any atom is 0.128 e. The first kappa shape index (κ1) is 11.2. The highest BCUT2D eigenvalue weighted by molar-refractivity contribution is 9.10. The van der Waals surface area contributed by atoms with E-state index in [9.17, 15) is 0 Å². The summed E-state index contributed by atoms with van der Waals surface area (Å²) < 4.78 is 1.05. The molecule has 0 bridgehead atoms. The number of pyridine rings is 1. The number of aromatic amines is 1. The number of hydrogen-bond donors (Lipinski definition) is 1. The summed E-state index contributed by atoms with van der Waals surface area (Å²) in [6.07, 6.45) is 1.93. The Morgan fingerprint density at radius 2 is 2.19 bits per heavy atom. The molecule has 0 radical (unpaired) electrons. The zero-order chi connectivity index (χ0) is 11.5. The molecule has 0 aliphatic carbocycles. The highest BCUT2D eigenvalue weighted by atomic mass is 79.9. The molecule has 0 saturated heterocycles. The summed E-state index contributed by atoms with van der Waals surface area (Å²) in [6, 6.07) is 8.12. The summed E-state index contributed by atoms with van der Waals surface area (Å²) in [5.74, 6) is 0.982. The SMILES string of the molecule is Cc1nc(N(C)Cc2ccc[nH]2)ccc1Br. The Morgan fingerprint density at radius 1 is 1.38 bits per heavy atom. The summed E-state index contributed by atoms with van der Waals surface area (Å²) in [6.45, 7) is 2.83. The molecule has 3 nitrogen and oxygen atoms in total.